The largest absolute Gasteiger partial charge is 0.347 e. The van der Waals surface area contributed by atoms with E-state index in [1.54, 1.807) is 0 Å². The van der Waals surface area contributed by atoms with Crippen molar-refractivity contribution in [1.82, 2.24) is 5.32 Å². The van der Waals surface area contributed by atoms with Gasteiger partial charge in [-0.15, -0.1) is 0 Å². The summed E-state index contributed by atoms with van der Waals surface area (Å²) in [6.07, 6.45) is 1.30. The molecule has 1 aromatic rings. The Labute approximate surface area is 121 Å². The van der Waals surface area contributed by atoms with Gasteiger partial charge in [-0.05, 0) is 30.4 Å². The predicted molar refractivity (Wildman–Crippen MR) is 81.7 cm³/mol. The summed E-state index contributed by atoms with van der Waals surface area (Å²) in [5, 5.41) is 5.52. The molecular formula is C16H24N2O2. The van der Waals surface area contributed by atoms with E-state index >= 15 is 0 Å². The van der Waals surface area contributed by atoms with Crippen LogP contribution in [0.15, 0.2) is 18.2 Å². The van der Waals surface area contributed by atoms with Gasteiger partial charge in [0.1, 0.15) is 0 Å². The summed E-state index contributed by atoms with van der Waals surface area (Å²) in [5.74, 6) is 0.0166. The number of hydrogen-bond donors (Lipinski definition) is 2. The predicted octanol–water partition coefficient (Wildman–Crippen LogP) is 2.66. The molecule has 0 bridgehead atoms. The molecule has 0 unspecified atom stereocenters. The molecule has 0 saturated carbocycles. The normalized spacial score (nSPS) is 10.4. The van der Waals surface area contributed by atoms with Crippen molar-refractivity contribution >= 4 is 17.5 Å². The maximum absolute atomic E-state index is 11.9. The minimum absolute atomic E-state index is 0.0169. The van der Waals surface area contributed by atoms with Crippen molar-refractivity contribution in [1.29, 1.82) is 0 Å². The lowest BCUT2D eigenvalue weighted by atomic mass is 10.1. The van der Waals surface area contributed by atoms with Gasteiger partial charge in [0.25, 0.3) is 0 Å². The number of nitrogens with one attached hydrogen (secondary N) is 2. The summed E-state index contributed by atoms with van der Waals surface area (Å²) in [6.45, 7) is 7.98. The first-order valence-electron chi connectivity index (χ1n) is 7.09. The average Bonchev–Trinajstić information content (AvgIpc) is 2.38. The molecule has 0 aliphatic rings. The molecule has 4 nitrogen and oxygen atoms in total. The van der Waals surface area contributed by atoms with Crippen LogP contribution in [-0.2, 0) is 16.0 Å². The fourth-order valence-corrected chi connectivity index (χ4v) is 2.01. The van der Waals surface area contributed by atoms with Crippen molar-refractivity contribution in [3.8, 4) is 0 Å². The van der Waals surface area contributed by atoms with E-state index < -0.39 is 0 Å². The molecule has 0 aromatic heterocycles. The summed E-state index contributed by atoms with van der Waals surface area (Å²) >= 11 is 0. The third kappa shape index (κ3) is 5.03. The standard InChI is InChI=1S/C16H24N2O2/c1-5-13-8-6-7-12(4)16(13)18-15(20)10-17-14(19)9-11(2)3/h6-8,11H,5,9-10H2,1-4H3,(H,17,19)(H,18,20). The summed E-state index contributed by atoms with van der Waals surface area (Å²) in [6, 6.07) is 5.94. The average molecular weight is 276 g/mol. The first-order chi connectivity index (χ1) is 9.43. The molecule has 110 valence electrons. The van der Waals surface area contributed by atoms with Crippen LogP contribution in [0.2, 0.25) is 0 Å². The number of carbonyl (C=O) groups excluding carboxylic acids is 2. The highest BCUT2D eigenvalue weighted by Gasteiger charge is 2.10. The first-order valence-corrected chi connectivity index (χ1v) is 7.09. The molecule has 0 aliphatic carbocycles. The van der Waals surface area contributed by atoms with E-state index in [1.807, 2.05) is 39.0 Å². The Hall–Kier alpha value is -1.84. The number of amides is 2. The minimum atomic E-state index is -0.189. The van der Waals surface area contributed by atoms with Crippen molar-refractivity contribution in [3.63, 3.8) is 0 Å². The van der Waals surface area contributed by atoms with Crippen LogP contribution in [0.5, 0.6) is 0 Å². The molecule has 1 aromatic carbocycles. The van der Waals surface area contributed by atoms with E-state index in [0.717, 1.165) is 23.2 Å². The lowest BCUT2D eigenvalue weighted by Gasteiger charge is -2.13. The van der Waals surface area contributed by atoms with Crippen LogP contribution < -0.4 is 10.6 Å². The summed E-state index contributed by atoms with van der Waals surface area (Å²) in [7, 11) is 0. The molecule has 1 rings (SSSR count). The van der Waals surface area contributed by atoms with Crippen molar-refractivity contribution < 1.29 is 9.59 Å². The smallest absolute Gasteiger partial charge is 0.243 e. The van der Waals surface area contributed by atoms with Gasteiger partial charge in [-0.1, -0.05) is 39.0 Å². The van der Waals surface area contributed by atoms with Crippen LogP contribution in [0.1, 0.15) is 38.3 Å². The highest BCUT2D eigenvalue weighted by Crippen LogP contribution is 2.20. The fourth-order valence-electron chi connectivity index (χ4n) is 2.01. The van der Waals surface area contributed by atoms with Gasteiger partial charge in [0.05, 0.1) is 6.54 Å². The molecule has 0 atom stereocenters. The maximum atomic E-state index is 11.9. The quantitative estimate of drug-likeness (QED) is 0.839. The Morgan fingerprint density at radius 2 is 1.90 bits per heavy atom. The summed E-state index contributed by atoms with van der Waals surface area (Å²) < 4.78 is 0. The topological polar surface area (TPSA) is 58.2 Å². The van der Waals surface area contributed by atoms with Gasteiger partial charge in [0.2, 0.25) is 11.8 Å². The zero-order valence-electron chi connectivity index (χ0n) is 12.7. The number of carbonyl (C=O) groups is 2. The van der Waals surface area contributed by atoms with Gasteiger partial charge in [0, 0.05) is 12.1 Å². The van der Waals surface area contributed by atoms with Gasteiger partial charge >= 0.3 is 0 Å². The number of benzene rings is 1. The number of hydrogen-bond acceptors (Lipinski definition) is 2. The van der Waals surface area contributed by atoms with Gasteiger partial charge in [-0.25, -0.2) is 0 Å². The summed E-state index contributed by atoms with van der Waals surface area (Å²) in [4.78, 5) is 23.4. The maximum Gasteiger partial charge on any atom is 0.243 e. The Kier molecular flexibility index (Phi) is 6.22. The highest BCUT2D eigenvalue weighted by atomic mass is 16.2. The van der Waals surface area contributed by atoms with Crippen LogP contribution in [0.3, 0.4) is 0 Å². The molecule has 0 fully saturated rings. The van der Waals surface area contributed by atoms with E-state index in [-0.39, 0.29) is 18.4 Å². The SMILES string of the molecule is CCc1cccc(C)c1NC(=O)CNC(=O)CC(C)C. The van der Waals surface area contributed by atoms with Gasteiger partial charge in [-0.3, -0.25) is 9.59 Å². The van der Waals surface area contributed by atoms with Gasteiger partial charge < -0.3 is 10.6 Å². The molecule has 0 heterocycles. The van der Waals surface area contributed by atoms with Crippen LogP contribution >= 0.6 is 0 Å². The third-order valence-electron chi connectivity index (χ3n) is 3.04. The third-order valence-corrected chi connectivity index (χ3v) is 3.04. The molecule has 0 aliphatic heterocycles. The monoisotopic (exact) mass is 276 g/mol. The number of aryl methyl sites for hydroxylation is 2. The minimum Gasteiger partial charge on any atom is -0.347 e. The Morgan fingerprint density at radius 1 is 1.20 bits per heavy atom. The van der Waals surface area contributed by atoms with Crippen LogP contribution in [0.4, 0.5) is 5.69 Å². The van der Waals surface area contributed by atoms with Crippen LogP contribution in [0.25, 0.3) is 0 Å². The lowest BCUT2D eigenvalue weighted by Crippen LogP contribution is -2.33. The van der Waals surface area contributed by atoms with E-state index in [1.165, 1.54) is 0 Å². The number of rotatable bonds is 6. The molecule has 0 radical (unpaired) electrons. The van der Waals surface area contributed by atoms with Crippen molar-refractivity contribution in [2.24, 2.45) is 5.92 Å². The molecule has 0 spiro atoms. The second-order valence-electron chi connectivity index (χ2n) is 5.39. The number of anilines is 1. The van der Waals surface area contributed by atoms with Gasteiger partial charge in [-0.2, -0.15) is 0 Å². The molecular weight excluding hydrogens is 252 g/mol. The van der Waals surface area contributed by atoms with Crippen LogP contribution in [-0.4, -0.2) is 18.4 Å². The molecule has 2 N–H and O–H groups in total. The highest BCUT2D eigenvalue weighted by molar-refractivity contribution is 5.95. The van der Waals surface area contributed by atoms with Gasteiger partial charge in [0.15, 0.2) is 0 Å². The van der Waals surface area contributed by atoms with E-state index in [9.17, 15) is 9.59 Å². The van der Waals surface area contributed by atoms with Crippen molar-refractivity contribution in [2.45, 2.75) is 40.5 Å². The van der Waals surface area contributed by atoms with Crippen molar-refractivity contribution in [2.75, 3.05) is 11.9 Å². The second-order valence-corrected chi connectivity index (χ2v) is 5.39. The molecule has 4 heteroatoms. The zero-order valence-corrected chi connectivity index (χ0v) is 12.7. The lowest BCUT2D eigenvalue weighted by molar-refractivity contribution is -0.124. The van der Waals surface area contributed by atoms with Crippen molar-refractivity contribution in [3.05, 3.63) is 29.3 Å². The Bertz CT molecular complexity index is 481. The second kappa shape index (κ2) is 7.68. The fraction of sp³-hybridized carbons (Fsp3) is 0.500. The Balaban J connectivity index is 2.57. The van der Waals surface area contributed by atoms with Crippen LogP contribution in [0, 0.1) is 12.8 Å². The van der Waals surface area contributed by atoms with E-state index in [0.29, 0.717) is 12.3 Å². The van der Waals surface area contributed by atoms with E-state index in [4.69, 9.17) is 0 Å². The molecule has 20 heavy (non-hydrogen) atoms. The Morgan fingerprint density at radius 3 is 2.50 bits per heavy atom. The summed E-state index contributed by atoms with van der Waals surface area (Å²) in [5.41, 5.74) is 3.00. The zero-order chi connectivity index (χ0) is 15.1. The van der Waals surface area contributed by atoms with E-state index in [2.05, 4.69) is 17.6 Å². The number of para-hydroxylation sites is 1. The first kappa shape index (κ1) is 16.2. The molecule has 0 saturated heterocycles. The molecule has 2 amide bonds.